The maximum atomic E-state index is 8.71. The number of nitrogens with zero attached hydrogens (tertiary/aromatic N) is 2. The number of hydrogen-bond acceptors (Lipinski definition) is 4. The van der Waals surface area contributed by atoms with Gasteiger partial charge in [-0.3, -0.25) is 0 Å². The standard InChI is InChI=1S/C14H14ClN3O2/c1-8-3-4-11(9(2)7-8)20-14-12(15)10(5-6-17-14)13(16)18-19/h3-7,19H,1-2H3,(H2,16,18). The van der Waals surface area contributed by atoms with Crippen molar-refractivity contribution in [3.8, 4) is 11.6 Å². The third-order valence-electron chi connectivity index (χ3n) is 2.78. The van der Waals surface area contributed by atoms with Gasteiger partial charge in [-0.1, -0.05) is 34.5 Å². The van der Waals surface area contributed by atoms with Crippen molar-refractivity contribution >= 4 is 17.4 Å². The minimum Gasteiger partial charge on any atom is -0.437 e. The maximum absolute atomic E-state index is 8.71. The minimum atomic E-state index is -0.0946. The SMILES string of the molecule is Cc1ccc(Oc2nccc(/C(N)=N/O)c2Cl)c(C)c1. The van der Waals surface area contributed by atoms with Crippen LogP contribution in [0.5, 0.6) is 11.6 Å². The smallest absolute Gasteiger partial charge is 0.238 e. The average molecular weight is 292 g/mol. The lowest BCUT2D eigenvalue weighted by molar-refractivity contribution is 0.318. The van der Waals surface area contributed by atoms with Gasteiger partial charge in [0.2, 0.25) is 5.88 Å². The van der Waals surface area contributed by atoms with Crippen molar-refractivity contribution in [3.63, 3.8) is 0 Å². The van der Waals surface area contributed by atoms with Crippen molar-refractivity contribution < 1.29 is 9.94 Å². The molecule has 1 heterocycles. The molecule has 0 saturated carbocycles. The largest absolute Gasteiger partial charge is 0.437 e. The van der Waals surface area contributed by atoms with Gasteiger partial charge in [-0.15, -0.1) is 0 Å². The van der Waals surface area contributed by atoms with Gasteiger partial charge in [-0.2, -0.15) is 0 Å². The van der Waals surface area contributed by atoms with Crippen LogP contribution >= 0.6 is 11.6 Å². The summed E-state index contributed by atoms with van der Waals surface area (Å²) in [7, 11) is 0. The van der Waals surface area contributed by atoms with Gasteiger partial charge < -0.3 is 15.7 Å². The van der Waals surface area contributed by atoms with E-state index < -0.39 is 0 Å². The molecule has 0 radical (unpaired) electrons. The lowest BCUT2D eigenvalue weighted by Crippen LogP contribution is -2.14. The van der Waals surface area contributed by atoms with E-state index in [9.17, 15) is 0 Å². The van der Waals surface area contributed by atoms with Crippen LogP contribution in [0.3, 0.4) is 0 Å². The summed E-state index contributed by atoms with van der Waals surface area (Å²) in [5, 5.41) is 11.8. The Labute approximate surface area is 121 Å². The molecule has 0 unspecified atom stereocenters. The van der Waals surface area contributed by atoms with E-state index >= 15 is 0 Å². The number of pyridine rings is 1. The fraction of sp³-hybridized carbons (Fsp3) is 0.143. The first kappa shape index (κ1) is 14.1. The number of aryl methyl sites for hydroxylation is 2. The first-order valence-corrected chi connectivity index (χ1v) is 6.28. The zero-order chi connectivity index (χ0) is 14.7. The number of oxime groups is 1. The predicted octanol–water partition coefficient (Wildman–Crippen LogP) is 3.24. The van der Waals surface area contributed by atoms with E-state index in [0.717, 1.165) is 11.1 Å². The van der Waals surface area contributed by atoms with E-state index in [1.165, 1.54) is 6.20 Å². The van der Waals surface area contributed by atoms with Crippen molar-refractivity contribution in [1.29, 1.82) is 0 Å². The van der Waals surface area contributed by atoms with Gasteiger partial charge in [0.15, 0.2) is 5.84 Å². The Morgan fingerprint density at radius 3 is 2.75 bits per heavy atom. The topological polar surface area (TPSA) is 80.7 Å². The van der Waals surface area contributed by atoms with E-state index in [0.29, 0.717) is 11.3 Å². The molecule has 6 heteroatoms. The second-order valence-corrected chi connectivity index (χ2v) is 4.71. The second-order valence-electron chi connectivity index (χ2n) is 4.33. The van der Waals surface area contributed by atoms with Crippen molar-refractivity contribution in [2.45, 2.75) is 13.8 Å². The highest BCUT2D eigenvalue weighted by Gasteiger charge is 2.13. The molecule has 1 aromatic heterocycles. The van der Waals surface area contributed by atoms with Crippen molar-refractivity contribution in [1.82, 2.24) is 4.98 Å². The van der Waals surface area contributed by atoms with Crippen LogP contribution in [-0.4, -0.2) is 16.0 Å². The van der Waals surface area contributed by atoms with Crippen molar-refractivity contribution in [3.05, 3.63) is 52.2 Å². The first-order valence-electron chi connectivity index (χ1n) is 5.90. The van der Waals surface area contributed by atoms with E-state index in [2.05, 4.69) is 10.1 Å². The third kappa shape index (κ3) is 2.83. The summed E-state index contributed by atoms with van der Waals surface area (Å²) in [6.07, 6.45) is 1.48. The van der Waals surface area contributed by atoms with Crippen LogP contribution < -0.4 is 10.5 Å². The Bertz CT molecular complexity index is 671. The second kappa shape index (κ2) is 5.79. The Morgan fingerprint density at radius 1 is 1.35 bits per heavy atom. The summed E-state index contributed by atoms with van der Waals surface area (Å²) >= 11 is 6.16. The quantitative estimate of drug-likeness (QED) is 0.394. The Balaban J connectivity index is 2.39. The highest BCUT2D eigenvalue weighted by molar-refractivity contribution is 6.35. The number of hydrogen-bond donors (Lipinski definition) is 2. The number of aromatic nitrogens is 1. The molecule has 20 heavy (non-hydrogen) atoms. The van der Waals surface area contributed by atoms with Gasteiger partial charge in [0.1, 0.15) is 10.8 Å². The summed E-state index contributed by atoms with van der Waals surface area (Å²) in [6.45, 7) is 3.94. The molecule has 1 aromatic carbocycles. The lowest BCUT2D eigenvalue weighted by Gasteiger charge is -2.11. The Hall–Kier alpha value is -2.27. The molecule has 0 atom stereocenters. The molecule has 5 nitrogen and oxygen atoms in total. The van der Waals surface area contributed by atoms with Crippen LogP contribution in [0.2, 0.25) is 5.02 Å². The fourth-order valence-corrected chi connectivity index (χ4v) is 2.01. The Kier molecular flexibility index (Phi) is 4.10. The first-order chi connectivity index (χ1) is 9.52. The number of benzene rings is 1. The highest BCUT2D eigenvalue weighted by Crippen LogP contribution is 2.31. The molecule has 0 saturated heterocycles. The molecule has 2 rings (SSSR count). The molecule has 3 N–H and O–H groups in total. The predicted molar refractivity (Wildman–Crippen MR) is 77.7 cm³/mol. The summed E-state index contributed by atoms with van der Waals surface area (Å²) < 4.78 is 5.69. The molecule has 0 fully saturated rings. The van der Waals surface area contributed by atoms with Crippen molar-refractivity contribution in [2.75, 3.05) is 0 Å². The van der Waals surface area contributed by atoms with Crippen LogP contribution in [0.15, 0.2) is 35.6 Å². The van der Waals surface area contributed by atoms with Crippen LogP contribution in [0, 0.1) is 13.8 Å². The zero-order valence-corrected chi connectivity index (χ0v) is 11.8. The van der Waals surface area contributed by atoms with Gasteiger partial charge in [0.25, 0.3) is 0 Å². The summed E-state index contributed by atoms with van der Waals surface area (Å²) in [5.74, 6) is 0.771. The fourth-order valence-electron chi connectivity index (χ4n) is 1.77. The minimum absolute atomic E-state index is 0.0946. The third-order valence-corrected chi connectivity index (χ3v) is 3.14. The normalized spacial score (nSPS) is 11.4. The molecule has 0 aliphatic rings. The van der Waals surface area contributed by atoms with Gasteiger partial charge >= 0.3 is 0 Å². The maximum Gasteiger partial charge on any atom is 0.238 e. The van der Waals surface area contributed by atoms with E-state index in [1.807, 2.05) is 32.0 Å². The van der Waals surface area contributed by atoms with Gasteiger partial charge in [-0.05, 0) is 31.5 Å². The Morgan fingerprint density at radius 2 is 2.10 bits per heavy atom. The molecular weight excluding hydrogens is 278 g/mol. The van der Waals surface area contributed by atoms with Gasteiger partial charge in [0, 0.05) is 11.8 Å². The molecule has 0 bridgehead atoms. The van der Waals surface area contributed by atoms with E-state index in [4.69, 9.17) is 27.3 Å². The number of rotatable bonds is 3. The average Bonchev–Trinajstić information content (AvgIpc) is 2.43. The summed E-state index contributed by atoms with van der Waals surface area (Å²) in [4.78, 5) is 4.07. The number of amidine groups is 1. The van der Waals surface area contributed by atoms with Crippen LogP contribution in [0.4, 0.5) is 0 Å². The highest BCUT2D eigenvalue weighted by atomic mass is 35.5. The molecule has 0 aliphatic heterocycles. The zero-order valence-electron chi connectivity index (χ0n) is 11.1. The molecule has 104 valence electrons. The molecule has 2 aromatic rings. The summed E-state index contributed by atoms with van der Waals surface area (Å²) in [6, 6.07) is 7.32. The molecule has 0 spiro atoms. The van der Waals surface area contributed by atoms with Crippen LogP contribution in [-0.2, 0) is 0 Å². The van der Waals surface area contributed by atoms with Crippen molar-refractivity contribution in [2.24, 2.45) is 10.9 Å². The monoisotopic (exact) mass is 291 g/mol. The van der Waals surface area contributed by atoms with Gasteiger partial charge in [0.05, 0.1) is 0 Å². The molecule has 0 aliphatic carbocycles. The number of ether oxygens (including phenoxy) is 1. The molecular formula is C14H14ClN3O2. The van der Waals surface area contributed by atoms with E-state index in [1.54, 1.807) is 6.07 Å². The lowest BCUT2D eigenvalue weighted by atomic mass is 10.1. The number of halogens is 1. The number of nitrogens with two attached hydrogens (primary N) is 1. The van der Waals surface area contributed by atoms with Crippen LogP contribution in [0.25, 0.3) is 0 Å². The van der Waals surface area contributed by atoms with E-state index in [-0.39, 0.29) is 16.7 Å². The molecule has 0 amide bonds. The summed E-state index contributed by atoms with van der Waals surface area (Å²) in [5.41, 5.74) is 8.01. The van der Waals surface area contributed by atoms with Gasteiger partial charge in [-0.25, -0.2) is 4.98 Å². The van der Waals surface area contributed by atoms with Crippen LogP contribution in [0.1, 0.15) is 16.7 Å².